The molecule has 32 heavy (non-hydrogen) atoms. The van der Waals surface area contributed by atoms with Crippen LogP contribution in [0, 0.1) is 0 Å². The van der Waals surface area contributed by atoms with Gasteiger partial charge in [0, 0.05) is 12.5 Å². The van der Waals surface area contributed by atoms with E-state index in [9.17, 15) is 23.1 Å². The molecule has 4 rings (SSSR count). The fourth-order valence-corrected chi connectivity index (χ4v) is 4.01. The van der Waals surface area contributed by atoms with Gasteiger partial charge in [-0.1, -0.05) is 78.9 Å². The molecule has 1 unspecified atom stereocenters. The first-order valence-corrected chi connectivity index (χ1v) is 10.2. The quantitative estimate of drug-likeness (QED) is 0.560. The molecule has 0 aromatic heterocycles. The van der Waals surface area contributed by atoms with Crippen molar-refractivity contribution in [2.75, 3.05) is 13.2 Å². The normalized spacial score (nSPS) is 13.9. The van der Waals surface area contributed by atoms with E-state index in [4.69, 9.17) is 4.74 Å². The molecular formula is C25H22F3NO3. The SMILES string of the molecule is O=C(OCC1c2ccccc2-c2ccccc21)N(Cc1ccccc1)CC(O)C(F)(F)F. The molecular weight excluding hydrogens is 419 g/mol. The molecule has 7 heteroatoms. The second-order valence-electron chi connectivity index (χ2n) is 7.73. The van der Waals surface area contributed by atoms with Gasteiger partial charge in [-0.25, -0.2) is 4.79 Å². The molecule has 1 aliphatic rings. The van der Waals surface area contributed by atoms with Gasteiger partial charge < -0.3 is 14.7 Å². The number of ether oxygens (including phenoxy) is 1. The van der Waals surface area contributed by atoms with Crippen molar-refractivity contribution in [2.45, 2.75) is 24.7 Å². The van der Waals surface area contributed by atoms with Crippen LogP contribution in [0.2, 0.25) is 0 Å². The van der Waals surface area contributed by atoms with Crippen LogP contribution < -0.4 is 0 Å². The molecule has 0 bridgehead atoms. The number of nitrogens with zero attached hydrogens (tertiary/aromatic N) is 1. The number of benzene rings is 3. The van der Waals surface area contributed by atoms with Crippen LogP contribution in [0.25, 0.3) is 11.1 Å². The summed E-state index contributed by atoms with van der Waals surface area (Å²) in [5.41, 5.74) is 4.75. The van der Waals surface area contributed by atoms with Crippen LogP contribution in [0.3, 0.4) is 0 Å². The number of carbonyl (C=O) groups excluding carboxylic acids is 1. The third-order valence-electron chi connectivity index (χ3n) is 5.58. The largest absolute Gasteiger partial charge is 0.448 e. The Morgan fingerprint density at radius 1 is 0.906 bits per heavy atom. The summed E-state index contributed by atoms with van der Waals surface area (Å²) in [5.74, 6) is -0.211. The average molecular weight is 441 g/mol. The predicted molar refractivity (Wildman–Crippen MR) is 114 cm³/mol. The summed E-state index contributed by atoms with van der Waals surface area (Å²) in [4.78, 5) is 13.7. The Labute approximate surface area is 183 Å². The van der Waals surface area contributed by atoms with E-state index < -0.39 is 24.9 Å². The molecule has 0 saturated carbocycles. The Morgan fingerprint density at radius 3 is 2.00 bits per heavy atom. The lowest BCUT2D eigenvalue weighted by molar-refractivity contribution is -0.207. The molecule has 0 heterocycles. The minimum atomic E-state index is -4.83. The third kappa shape index (κ3) is 4.62. The summed E-state index contributed by atoms with van der Waals surface area (Å²) in [5, 5.41) is 9.55. The Bertz CT molecular complexity index is 1040. The number of hydrogen-bond acceptors (Lipinski definition) is 3. The summed E-state index contributed by atoms with van der Waals surface area (Å²) in [6.45, 7) is -1.03. The number of amides is 1. The standard InChI is InChI=1S/C25H22F3NO3/c26-25(27,28)23(30)15-29(14-17-8-2-1-3-9-17)24(31)32-16-22-20-12-6-4-10-18(20)19-11-5-7-13-21(19)22/h1-13,22-23,30H,14-16H2. The van der Waals surface area contributed by atoms with Crippen molar-refractivity contribution in [3.05, 3.63) is 95.6 Å². The van der Waals surface area contributed by atoms with Crippen molar-refractivity contribution in [1.82, 2.24) is 4.90 Å². The zero-order valence-electron chi connectivity index (χ0n) is 17.1. The third-order valence-corrected chi connectivity index (χ3v) is 5.58. The Balaban J connectivity index is 1.52. The van der Waals surface area contributed by atoms with Crippen LogP contribution >= 0.6 is 0 Å². The van der Waals surface area contributed by atoms with Crippen molar-refractivity contribution >= 4 is 6.09 Å². The lowest BCUT2D eigenvalue weighted by atomic mass is 9.98. The number of aliphatic hydroxyl groups is 1. The van der Waals surface area contributed by atoms with Gasteiger partial charge in [0.25, 0.3) is 0 Å². The molecule has 1 amide bonds. The van der Waals surface area contributed by atoms with Crippen molar-refractivity contribution in [1.29, 1.82) is 0 Å². The minimum Gasteiger partial charge on any atom is -0.448 e. The van der Waals surface area contributed by atoms with Gasteiger partial charge in [-0.05, 0) is 27.8 Å². The maximum Gasteiger partial charge on any atom is 0.416 e. The van der Waals surface area contributed by atoms with E-state index in [1.807, 2.05) is 48.5 Å². The summed E-state index contributed by atoms with van der Waals surface area (Å²) in [7, 11) is 0. The Hall–Kier alpha value is -3.32. The van der Waals surface area contributed by atoms with E-state index >= 15 is 0 Å². The number of aliphatic hydroxyl groups excluding tert-OH is 1. The zero-order chi connectivity index (χ0) is 22.7. The fourth-order valence-electron chi connectivity index (χ4n) is 4.01. The monoisotopic (exact) mass is 441 g/mol. The van der Waals surface area contributed by atoms with Gasteiger partial charge in [0.05, 0.1) is 6.54 Å². The van der Waals surface area contributed by atoms with Crippen LogP contribution in [0.1, 0.15) is 22.6 Å². The Morgan fingerprint density at radius 2 is 1.44 bits per heavy atom. The van der Waals surface area contributed by atoms with E-state index in [1.165, 1.54) is 0 Å². The molecule has 1 aliphatic carbocycles. The Kier molecular flexibility index (Phi) is 6.19. The second kappa shape index (κ2) is 9.04. The smallest absolute Gasteiger partial charge is 0.416 e. The number of alkyl halides is 3. The molecule has 1 atom stereocenters. The highest BCUT2D eigenvalue weighted by molar-refractivity contribution is 5.79. The van der Waals surface area contributed by atoms with Gasteiger partial charge in [-0.15, -0.1) is 0 Å². The van der Waals surface area contributed by atoms with Gasteiger partial charge in [0.1, 0.15) is 6.61 Å². The molecule has 0 spiro atoms. The molecule has 0 radical (unpaired) electrons. The average Bonchev–Trinajstić information content (AvgIpc) is 3.11. The molecule has 1 N–H and O–H groups in total. The highest BCUT2D eigenvalue weighted by atomic mass is 19.4. The van der Waals surface area contributed by atoms with Crippen LogP contribution in [0.15, 0.2) is 78.9 Å². The summed E-state index contributed by atoms with van der Waals surface area (Å²) >= 11 is 0. The topological polar surface area (TPSA) is 49.8 Å². The summed E-state index contributed by atoms with van der Waals surface area (Å²) in [6.07, 6.45) is -8.40. The maximum absolute atomic E-state index is 12.9. The molecule has 3 aromatic rings. The molecule has 0 saturated heterocycles. The van der Waals surface area contributed by atoms with Gasteiger partial charge >= 0.3 is 12.3 Å². The van der Waals surface area contributed by atoms with Crippen LogP contribution in [-0.4, -0.2) is 41.5 Å². The van der Waals surface area contributed by atoms with Gasteiger partial charge in [-0.3, -0.25) is 0 Å². The van der Waals surface area contributed by atoms with Gasteiger partial charge in [-0.2, -0.15) is 13.2 Å². The van der Waals surface area contributed by atoms with Gasteiger partial charge in [0.15, 0.2) is 6.10 Å². The number of carbonyl (C=O) groups is 1. The highest BCUT2D eigenvalue weighted by Crippen LogP contribution is 2.44. The van der Waals surface area contributed by atoms with Crippen LogP contribution in [-0.2, 0) is 11.3 Å². The molecule has 3 aromatic carbocycles. The van der Waals surface area contributed by atoms with E-state index in [0.717, 1.165) is 27.2 Å². The lowest BCUT2D eigenvalue weighted by Gasteiger charge is -2.26. The van der Waals surface area contributed by atoms with Crippen molar-refractivity contribution < 1.29 is 27.8 Å². The second-order valence-corrected chi connectivity index (χ2v) is 7.73. The summed E-state index contributed by atoms with van der Waals surface area (Å²) < 4.78 is 44.3. The number of fused-ring (bicyclic) bond motifs is 3. The van der Waals surface area contributed by atoms with Crippen LogP contribution in [0.4, 0.5) is 18.0 Å². The molecule has 0 aliphatic heterocycles. The first-order valence-electron chi connectivity index (χ1n) is 10.2. The van der Waals surface area contributed by atoms with Crippen molar-refractivity contribution in [3.8, 4) is 11.1 Å². The van der Waals surface area contributed by atoms with E-state index in [0.29, 0.717) is 5.56 Å². The van der Waals surface area contributed by atoms with Crippen molar-refractivity contribution in [2.24, 2.45) is 0 Å². The van der Waals surface area contributed by atoms with E-state index in [2.05, 4.69) is 0 Å². The zero-order valence-corrected chi connectivity index (χ0v) is 17.1. The molecule has 0 fully saturated rings. The predicted octanol–water partition coefficient (Wildman–Crippen LogP) is 5.36. The molecule has 166 valence electrons. The summed E-state index contributed by atoms with van der Waals surface area (Å²) in [6, 6.07) is 24.2. The van der Waals surface area contributed by atoms with Gasteiger partial charge in [0.2, 0.25) is 0 Å². The lowest BCUT2D eigenvalue weighted by Crippen LogP contribution is -2.43. The first kappa shape index (κ1) is 21.9. The van der Waals surface area contributed by atoms with Crippen LogP contribution in [0.5, 0.6) is 0 Å². The first-order chi connectivity index (χ1) is 15.3. The van der Waals surface area contributed by atoms with Crippen molar-refractivity contribution in [3.63, 3.8) is 0 Å². The van der Waals surface area contributed by atoms with E-state index in [-0.39, 0.29) is 19.1 Å². The number of rotatable bonds is 6. The highest BCUT2D eigenvalue weighted by Gasteiger charge is 2.40. The molecule has 4 nitrogen and oxygen atoms in total. The van der Waals surface area contributed by atoms with E-state index in [1.54, 1.807) is 30.3 Å². The number of halogens is 3. The maximum atomic E-state index is 12.9. The minimum absolute atomic E-state index is 0.0136. The fraction of sp³-hybridized carbons (Fsp3) is 0.240. The number of hydrogen-bond donors (Lipinski definition) is 1.